The largest absolute Gasteiger partial charge is 0.308 e. The van der Waals surface area contributed by atoms with Gasteiger partial charge < -0.3 is 10.2 Å². The van der Waals surface area contributed by atoms with Gasteiger partial charge in [0.25, 0.3) is 0 Å². The summed E-state index contributed by atoms with van der Waals surface area (Å²) in [4.78, 5) is 7.75. The van der Waals surface area contributed by atoms with Crippen LogP contribution in [0.1, 0.15) is 33.6 Å². The van der Waals surface area contributed by atoms with Gasteiger partial charge >= 0.3 is 0 Å². The number of nitrogens with zero attached hydrogens (tertiary/aromatic N) is 3. The summed E-state index contributed by atoms with van der Waals surface area (Å²) in [5.74, 6) is 0. The van der Waals surface area contributed by atoms with E-state index in [1.54, 1.807) is 0 Å². The summed E-state index contributed by atoms with van der Waals surface area (Å²) in [5, 5.41) is 3.80. The molecule has 20 heavy (non-hydrogen) atoms. The van der Waals surface area contributed by atoms with E-state index in [1.165, 1.54) is 45.6 Å². The lowest BCUT2D eigenvalue weighted by molar-refractivity contribution is 0.0306. The van der Waals surface area contributed by atoms with Gasteiger partial charge in [-0.1, -0.05) is 13.8 Å². The highest BCUT2D eigenvalue weighted by atomic mass is 15.3. The van der Waals surface area contributed by atoms with Crippen LogP contribution < -0.4 is 5.32 Å². The van der Waals surface area contributed by atoms with Gasteiger partial charge in [-0.3, -0.25) is 9.80 Å². The van der Waals surface area contributed by atoms with Crippen molar-refractivity contribution < 1.29 is 0 Å². The molecular weight excluding hydrogens is 248 g/mol. The van der Waals surface area contributed by atoms with Crippen LogP contribution in [0.3, 0.4) is 0 Å². The first kappa shape index (κ1) is 16.2. The Hall–Kier alpha value is -0.160. The van der Waals surface area contributed by atoms with Gasteiger partial charge in [-0.2, -0.15) is 0 Å². The fourth-order valence-corrected chi connectivity index (χ4v) is 3.63. The highest BCUT2D eigenvalue weighted by molar-refractivity contribution is 4.97. The molecule has 0 saturated carbocycles. The predicted molar refractivity (Wildman–Crippen MR) is 86.3 cm³/mol. The van der Waals surface area contributed by atoms with Crippen molar-refractivity contribution in [3.63, 3.8) is 0 Å². The Balaban J connectivity index is 1.99. The monoisotopic (exact) mass is 282 g/mol. The lowest BCUT2D eigenvalue weighted by Crippen LogP contribution is -2.65. The Kier molecular flexibility index (Phi) is 5.46. The van der Waals surface area contributed by atoms with Crippen molar-refractivity contribution in [3.05, 3.63) is 0 Å². The van der Waals surface area contributed by atoms with E-state index in [-0.39, 0.29) is 0 Å². The number of rotatable bonds is 4. The molecule has 4 heteroatoms. The first-order valence-corrected chi connectivity index (χ1v) is 8.37. The lowest BCUT2D eigenvalue weighted by Gasteiger charge is -2.49. The molecule has 2 fully saturated rings. The molecule has 2 rings (SSSR count). The molecule has 1 N–H and O–H groups in total. The maximum absolute atomic E-state index is 3.80. The molecule has 2 atom stereocenters. The first-order chi connectivity index (χ1) is 9.49. The van der Waals surface area contributed by atoms with Gasteiger partial charge in [-0.15, -0.1) is 0 Å². The van der Waals surface area contributed by atoms with Crippen molar-refractivity contribution in [3.8, 4) is 0 Å². The molecule has 0 radical (unpaired) electrons. The zero-order chi connectivity index (χ0) is 14.8. The fourth-order valence-electron chi connectivity index (χ4n) is 3.63. The van der Waals surface area contributed by atoms with E-state index >= 15 is 0 Å². The molecule has 0 spiro atoms. The minimum absolute atomic E-state index is 0.339. The third kappa shape index (κ3) is 3.53. The van der Waals surface area contributed by atoms with Crippen LogP contribution in [-0.4, -0.2) is 85.7 Å². The van der Waals surface area contributed by atoms with Crippen molar-refractivity contribution in [2.24, 2.45) is 0 Å². The number of hydrogen-bond donors (Lipinski definition) is 1. The van der Waals surface area contributed by atoms with E-state index in [4.69, 9.17) is 0 Å². The van der Waals surface area contributed by atoms with E-state index < -0.39 is 0 Å². The molecule has 0 aliphatic carbocycles. The van der Waals surface area contributed by atoms with Gasteiger partial charge in [-0.25, -0.2) is 0 Å². The second-order valence-corrected chi connectivity index (χ2v) is 7.04. The molecule has 2 aliphatic rings. The highest BCUT2D eigenvalue weighted by Gasteiger charge is 2.36. The van der Waals surface area contributed by atoms with Gasteiger partial charge in [-0.05, 0) is 33.9 Å². The predicted octanol–water partition coefficient (Wildman–Crippen LogP) is 1.08. The van der Waals surface area contributed by atoms with Crippen LogP contribution in [0.25, 0.3) is 0 Å². The van der Waals surface area contributed by atoms with Gasteiger partial charge in [0, 0.05) is 56.9 Å². The minimum Gasteiger partial charge on any atom is -0.308 e. The average molecular weight is 282 g/mol. The Morgan fingerprint density at radius 2 is 1.85 bits per heavy atom. The molecule has 0 aromatic carbocycles. The van der Waals surface area contributed by atoms with E-state index in [0.29, 0.717) is 17.6 Å². The molecule has 2 unspecified atom stereocenters. The summed E-state index contributed by atoms with van der Waals surface area (Å²) in [5.41, 5.74) is 0.339. The summed E-state index contributed by atoms with van der Waals surface area (Å²) in [6.45, 7) is 14.2. The van der Waals surface area contributed by atoms with Crippen molar-refractivity contribution >= 4 is 0 Å². The number of hydrogen-bond acceptors (Lipinski definition) is 4. The zero-order valence-corrected chi connectivity index (χ0v) is 14.2. The molecule has 2 heterocycles. The molecule has 0 bridgehead atoms. The van der Waals surface area contributed by atoms with Gasteiger partial charge in [0.1, 0.15) is 0 Å². The minimum atomic E-state index is 0.339. The van der Waals surface area contributed by atoms with E-state index in [9.17, 15) is 0 Å². The SMILES string of the molecule is CCC1(CC)CN(CC2CN(C)CCN2C)C(C)CN1. The normalized spacial score (nSPS) is 33.5. The summed E-state index contributed by atoms with van der Waals surface area (Å²) < 4.78 is 0. The smallest absolute Gasteiger partial charge is 0.0347 e. The Morgan fingerprint density at radius 3 is 2.50 bits per heavy atom. The average Bonchev–Trinajstić information content (AvgIpc) is 2.45. The molecule has 0 aromatic rings. The van der Waals surface area contributed by atoms with Crippen LogP contribution in [0.5, 0.6) is 0 Å². The molecule has 2 aliphatic heterocycles. The Morgan fingerprint density at radius 1 is 1.15 bits per heavy atom. The van der Waals surface area contributed by atoms with Crippen molar-refractivity contribution in [1.82, 2.24) is 20.0 Å². The van der Waals surface area contributed by atoms with Crippen LogP contribution in [0.4, 0.5) is 0 Å². The van der Waals surface area contributed by atoms with E-state index in [0.717, 1.165) is 6.54 Å². The molecule has 2 saturated heterocycles. The maximum atomic E-state index is 3.80. The Bertz CT molecular complexity index is 303. The maximum Gasteiger partial charge on any atom is 0.0347 e. The van der Waals surface area contributed by atoms with Gasteiger partial charge in [0.15, 0.2) is 0 Å². The van der Waals surface area contributed by atoms with Crippen LogP contribution in [0.15, 0.2) is 0 Å². The molecule has 0 amide bonds. The lowest BCUT2D eigenvalue weighted by atomic mass is 9.88. The van der Waals surface area contributed by atoms with Crippen LogP contribution in [0.2, 0.25) is 0 Å². The highest BCUT2D eigenvalue weighted by Crippen LogP contribution is 2.23. The van der Waals surface area contributed by atoms with E-state index in [1.807, 2.05) is 0 Å². The van der Waals surface area contributed by atoms with E-state index in [2.05, 4.69) is 54.9 Å². The number of likely N-dealkylation sites (N-methyl/N-ethyl adjacent to an activating group) is 2. The van der Waals surface area contributed by atoms with Gasteiger partial charge in [0.2, 0.25) is 0 Å². The topological polar surface area (TPSA) is 21.8 Å². The zero-order valence-electron chi connectivity index (χ0n) is 14.2. The number of nitrogens with one attached hydrogen (secondary N) is 1. The second kappa shape index (κ2) is 6.73. The summed E-state index contributed by atoms with van der Waals surface area (Å²) >= 11 is 0. The van der Waals surface area contributed by atoms with Crippen LogP contribution in [0, 0.1) is 0 Å². The third-order valence-electron chi connectivity index (χ3n) is 5.68. The summed E-state index contributed by atoms with van der Waals surface area (Å²) in [6, 6.07) is 1.34. The standard InChI is InChI=1S/C16H34N4/c1-6-16(7-2)13-20(14(3)10-17-16)12-15-11-18(4)8-9-19(15)5/h14-15,17H,6-13H2,1-5H3. The third-order valence-corrected chi connectivity index (χ3v) is 5.68. The quantitative estimate of drug-likeness (QED) is 0.833. The van der Waals surface area contributed by atoms with Crippen LogP contribution >= 0.6 is 0 Å². The molecular formula is C16H34N4. The van der Waals surface area contributed by atoms with Crippen molar-refractivity contribution in [2.45, 2.75) is 51.2 Å². The fraction of sp³-hybridized carbons (Fsp3) is 1.00. The first-order valence-electron chi connectivity index (χ1n) is 8.37. The molecule has 118 valence electrons. The summed E-state index contributed by atoms with van der Waals surface area (Å²) in [7, 11) is 4.54. The molecule has 4 nitrogen and oxygen atoms in total. The number of piperazine rings is 2. The molecule has 0 aromatic heterocycles. The second-order valence-electron chi connectivity index (χ2n) is 7.04. The summed E-state index contributed by atoms with van der Waals surface area (Å²) in [6.07, 6.45) is 2.46. The Labute approximate surface area is 125 Å². The van der Waals surface area contributed by atoms with Crippen molar-refractivity contribution in [2.75, 3.05) is 53.4 Å². The van der Waals surface area contributed by atoms with Crippen LogP contribution in [-0.2, 0) is 0 Å². The van der Waals surface area contributed by atoms with Gasteiger partial charge in [0.05, 0.1) is 0 Å². The van der Waals surface area contributed by atoms with Crippen molar-refractivity contribution in [1.29, 1.82) is 0 Å².